The van der Waals surface area contributed by atoms with Gasteiger partial charge in [-0.2, -0.15) is 5.10 Å². The second kappa shape index (κ2) is 9.73. The normalized spacial score (nSPS) is 10.5. The number of esters is 1. The molecule has 0 aliphatic heterocycles. The number of amides is 2. The first-order chi connectivity index (χ1) is 14.4. The molecule has 30 heavy (non-hydrogen) atoms. The van der Waals surface area contributed by atoms with Crippen molar-refractivity contribution >= 4 is 17.7 Å². The Balaban J connectivity index is 1.67. The van der Waals surface area contributed by atoms with E-state index < -0.39 is 5.97 Å². The lowest BCUT2D eigenvalue weighted by atomic mass is 10.1. The minimum Gasteiger partial charge on any atom is -0.423 e. The van der Waals surface area contributed by atoms with Crippen LogP contribution in [0.5, 0.6) is 5.75 Å². The Bertz CT molecular complexity index is 1040. The van der Waals surface area contributed by atoms with Crippen LogP contribution in [0.4, 0.5) is 10.5 Å². The summed E-state index contributed by atoms with van der Waals surface area (Å²) in [6.07, 6.45) is 0.851. The zero-order chi connectivity index (χ0) is 21.5. The van der Waals surface area contributed by atoms with E-state index in [4.69, 9.17) is 4.74 Å². The summed E-state index contributed by atoms with van der Waals surface area (Å²) >= 11 is 0. The first kappa shape index (κ1) is 21.1. The molecule has 7 heteroatoms. The molecule has 1 aromatic heterocycles. The highest BCUT2D eigenvalue weighted by molar-refractivity contribution is 5.92. The van der Waals surface area contributed by atoms with E-state index in [1.54, 1.807) is 36.4 Å². The van der Waals surface area contributed by atoms with Gasteiger partial charge in [0.15, 0.2) is 0 Å². The Morgan fingerprint density at radius 1 is 1.07 bits per heavy atom. The summed E-state index contributed by atoms with van der Waals surface area (Å²) < 4.78 is 7.41. The molecule has 0 fully saturated rings. The molecule has 0 radical (unpaired) electrons. The van der Waals surface area contributed by atoms with Crippen LogP contribution in [-0.4, -0.2) is 28.3 Å². The van der Waals surface area contributed by atoms with E-state index in [0.717, 1.165) is 23.4 Å². The second-order valence-corrected chi connectivity index (χ2v) is 7.08. The number of nitrogens with zero attached hydrogens (tertiary/aromatic N) is 2. The van der Waals surface area contributed by atoms with E-state index in [0.29, 0.717) is 30.1 Å². The quantitative estimate of drug-likeness (QED) is 0.453. The number of hydrogen-bond acceptors (Lipinski definition) is 4. The molecule has 0 saturated carbocycles. The molecular weight excluding hydrogens is 380 g/mol. The van der Waals surface area contributed by atoms with Gasteiger partial charge >= 0.3 is 12.0 Å². The summed E-state index contributed by atoms with van der Waals surface area (Å²) in [5, 5.41) is 9.92. The number of nitrogens with one attached hydrogen (secondary N) is 2. The molecule has 2 amide bonds. The number of rotatable bonds is 7. The second-order valence-electron chi connectivity index (χ2n) is 7.08. The van der Waals surface area contributed by atoms with E-state index in [9.17, 15) is 9.59 Å². The van der Waals surface area contributed by atoms with Gasteiger partial charge in [-0.05, 0) is 56.2 Å². The van der Waals surface area contributed by atoms with Crippen LogP contribution in [-0.2, 0) is 6.54 Å². The monoisotopic (exact) mass is 406 g/mol. The summed E-state index contributed by atoms with van der Waals surface area (Å²) in [7, 11) is 0. The number of aryl methyl sites for hydroxylation is 2. The Morgan fingerprint density at radius 2 is 1.87 bits per heavy atom. The van der Waals surface area contributed by atoms with E-state index in [1.165, 1.54) is 0 Å². The third-order valence-corrected chi connectivity index (χ3v) is 4.44. The van der Waals surface area contributed by atoms with E-state index in [-0.39, 0.29) is 6.03 Å². The molecule has 0 atom stereocenters. The van der Waals surface area contributed by atoms with Crippen molar-refractivity contribution in [1.29, 1.82) is 0 Å². The van der Waals surface area contributed by atoms with Crippen molar-refractivity contribution in [3.8, 4) is 5.75 Å². The van der Waals surface area contributed by atoms with Crippen LogP contribution < -0.4 is 15.4 Å². The lowest BCUT2D eigenvalue weighted by molar-refractivity contribution is 0.0734. The first-order valence-electron chi connectivity index (χ1n) is 9.91. The van der Waals surface area contributed by atoms with Crippen molar-refractivity contribution < 1.29 is 14.3 Å². The van der Waals surface area contributed by atoms with Crippen molar-refractivity contribution in [2.24, 2.45) is 0 Å². The Kier molecular flexibility index (Phi) is 6.85. The van der Waals surface area contributed by atoms with Gasteiger partial charge in [-0.25, -0.2) is 9.59 Å². The maximum Gasteiger partial charge on any atom is 0.343 e. The maximum absolute atomic E-state index is 12.6. The van der Waals surface area contributed by atoms with Gasteiger partial charge in [-0.3, -0.25) is 4.68 Å². The van der Waals surface area contributed by atoms with Gasteiger partial charge in [0.05, 0.1) is 17.8 Å². The van der Waals surface area contributed by atoms with Gasteiger partial charge in [-0.1, -0.05) is 25.1 Å². The van der Waals surface area contributed by atoms with Crippen LogP contribution in [0.1, 0.15) is 40.7 Å². The van der Waals surface area contributed by atoms with Crippen molar-refractivity contribution in [1.82, 2.24) is 15.1 Å². The molecule has 0 unspecified atom stereocenters. The fourth-order valence-electron chi connectivity index (χ4n) is 3.02. The number of carbonyl (C=O) groups excluding carboxylic acids is 2. The summed E-state index contributed by atoms with van der Waals surface area (Å²) in [5.74, 6) is -0.102. The van der Waals surface area contributed by atoms with E-state index in [1.807, 2.05) is 43.7 Å². The molecule has 7 nitrogen and oxygen atoms in total. The van der Waals surface area contributed by atoms with Crippen molar-refractivity contribution in [2.45, 2.75) is 33.7 Å². The van der Waals surface area contributed by atoms with Crippen LogP contribution in [0.3, 0.4) is 0 Å². The number of carbonyl (C=O) groups is 2. The average Bonchev–Trinajstić information content (AvgIpc) is 3.03. The van der Waals surface area contributed by atoms with Crippen LogP contribution >= 0.6 is 0 Å². The van der Waals surface area contributed by atoms with Gasteiger partial charge in [0.2, 0.25) is 0 Å². The first-order valence-corrected chi connectivity index (χ1v) is 9.91. The van der Waals surface area contributed by atoms with Crippen molar-refractivity contribution in [2.75, 3.05) is 11.9 Å². The zero-order valence-electron chi connectivity index (χ0n) is 17.4. The topological polar surface area (TPSA) is 85.3 Å². The fraction of sp³-hybridized carbons (Fsp3) is 0.261. The number of benzene rings is 2. The molecule has 3 rings (SSSR count). The molecular formula is C23H26N4O3. The fourth-order valence-corrected chi connectivity index (χ4v) is 3.02. The molecule has 0 aliphatic carbocycles. The SMILES string of the molecule is CCCNC(=O)Nc1cccc(OC(=O)c2cccc(Cn3nc(C)cc3C)c2)c1. The van der Waals surface area contributed by atoms with Crippen molar-refractivity contribution in [3.63, 3.8) is 0 Å². The molecule has 0 bridgehead atoms. The third-order valence-electron chi connectivity index (χ3n) is 4.44. The molecule has 156 valence electrons. The average molecular weight is 406 g/mol. The van der Waals surface area contributed by atoms with Crippen LogP contribution in [0.15, 0.2) is 54.6 Å². The smallest absolute Gasteiger partial charge is 0.343 e. The van der Waals surface area contributed by atoms with Crippen molar-refractivity contribution in [3.05, 3.63) is 77.1 Å². The maximum atomic E-state index is 12.6. The molecule has 2 N–H and O–H groups in total. The molecule has 0 saturated heterocycles. The van der Waals surface area contributed by atoms with Crippen LogP contribution in [0.2, 0.25) is 0 Å². The largest absolute Gasteiger partial charge is 0.423 e. The number of aromatic nitrogens is 2. The van der Waals surface area contributed by atoms with Gasteiger partial charge in [0.1, 0.15) is 5.75 Å². The highest BCUT2D eigenvalue weighted by atomic mass is 16.5. The minimum absolute atomic E-state index is 0.294. The van der Waals surface area contributed by atoms with Gasteiger partial charge in [-0.15, -0.1) is 0 Å². The summed E-state index contributed by atoms with van der Waals surface area (Å²) in [4.78, 5) is 24.4. The predicted molar refractivity (Wildman–Crippen MR) is 116 cm³/mol. The molecule has 2 aromatic carbocycles. The zero-order valence-corrected chi connectivity index (χ0v) is 17.4. The van der Waals surface area contributed by atoms with Crippen LogP contribution in [0.25, 0.3) is 0 Å². The number of ether oxygens (including phenoxy) is 1. The Morgan fingerprint density at radius 3 is 2.60 bits per heavy atom. The highest BCUT2D eigenvalue weighted by Crippen LogP contribution is 2.19. The summed E-state index contributed by atoms with van der Waals surface area (Å²) in [5.41, 5.74) is 3.98. The molecule has 1 heterocycles. The predicted octanol–water partition coefficient (Wildman–Crippen LogP) is 4.30. The Hall–Kier alpha value is -3.61. The Labute approximate surface area is 176 Å². The minimum atomic E-state index is -0.460. The summed E-state index contributed by atoms with van der Waals surface area (Å²) in [6.45, 7) is 7.10. The third kappa shape index (κ3) is 5.70. The highest BCUT2D eigenvalue weighted by Gasteiger charge is 2.11. The number of anilines is 1. The summed E-state index contributed by atoms with van der Waals surface area (Å²) in [6, 6.07) is 15.8. The molecule has 0 spiro atoms. The number of urea groups is 1. The van der Waals surface area contributed by atoms with Gasteiger partial charge in [0.25, 0.3) is 0 Å². The van der Waals surface area contributed by atoms with Gasteiger partial charge in [0, 0.05) is 24.0 Å². The van der Waals surface area contributed by atoms with Crippen LogP contribution in [0, 0.1) is 13.8 Å². The van der Waals surface area contributed by atoms with E-state index >= 15 is 0 Å². The lowest BCUT2D eigenvalue weighted by Gasteiger charge is -2.10. The number of hydrogen-bond donors (Lipinski definition) is 2. The molecule has 3 aromatic rings. The molecule has 0 aliphatic rings. The standard InChI is InChI=1S/C23H26N4O3/c1-4-11-24-23(29)25-20-9-6-10-21(14-20)30-22(28)19-8-5-7-18(13-19)15-27-17(3)12-16(2)26-27/h5-10,12-14H,4,11,15H2,1-3H3,(H2,24,25,29). The lowest BCUT2D eigenvalue weighted by Crippen LogP contribution is -2.29. The van der Waals surface area contributed by atoms with Gasteiger partial charge < -0.3 is 15.4 Å². The van der Waals surface area contributed by atoms with E-state index in [2.05, 4.69) is 15.7 Å².